The maximum absolute atomic E-state index is 10.9. The lowest BCUT2D eigenvalue weighted by molar-refractivity contribution is -0.118. The van der Waals surface area contributed by atoms with E-state index in [1.807, 2.05) is 6.92 Å². The van der Waals surface area contributed by atoms with Crippen molar-refractivity contribution in [1.29, 1.82) is 0 Å². The van der Waals surface area contributed by atoms with E-state index in [4.69, 9.17) is 9.73 Å². The Morgan fingerprint density at radius 3 is 2.50 bits per heavy atom. The highest BCUT2D eigenvalue weighted by molar-refractivity contribution is 5.79. The van der Waals surface area contributed by atoms with Gasteiger partial charge in [-0.2, -0.15) is 0 Å². The highest BCUT2D eigenvalue weighted by Crippen LogP contribution is 2.14. The molecule has 0 bridgehead atoms. The summed E-state index contributed by atoms with van der Waals surface area (Å²) >= 11 is 0. The van der Waals surface area contributed by atoms with E-state index in [9.17, 15) is 4.79 Å². The predicted molar refractivity (Wildman–Crippen MR) is 104 cm³/mol. The number of benzene rings is 1. The van der Waals surface area contributed by atoms with E-state index in [0.29, 0.717) is 19.6 Å². The van der Waals surface area contributed by atoms with Crippen LogP contribution in [0.4, 0.5) is 0 Å². The van der Waals surface area contributed by atoms with Crippen LogP contribution in [-0.2, 0) is 22.6 Å². The molecule has 0 atom stereocenters. The Bertz CT molecular complexity index is 585. The molecule has 0 aromatic heterocycles. The van der Waals surface area contributed by atoms with Gasteiger partial charge in [-0.1, -0.05) is 24.3 Å². The number of rotatable bonds is 8. The van der Waals surface area contributed by atoms with Crippen LogP contribution in [0.2, 0.25) is 0 Å². The molecule has 1 aromatic rings. The number of amides is 1. The third kappa shape index (κ3) is 7.41. The van der Waals surface area contributed by atoms with Gasteiger partial charge in [0.05, 0.1) is 19.8 Å². The van der Waals surface area contributed by atoms with E-state index >= 15 is 0 Å². The molecule has 1 aromatic carbocycles. The largest absolute Gasteiger partial charge is 0.379 e. The van der Waals surface area contributed by atoms with Crippen LogP contribution in [0.1, 0.15) is 25.0 Å². The highest BCUT2D eigenvalue weighted by Gasteiger charge is 2.12. The summed E-state index contributed by atoms with van der Waals surface area (Å²) in [7, 11) is 0. The third-order valence-corrected chi connectivity index (χ3v) is 4.16. The van der Waals surface area contributed by atoms with Crippen LogP contribution in [0.5, 0.6) is 0 Å². The quantitative estimate of drug-likeness (QED) is 0.361. The molecule has 1 fully saturated rings. The van der Waals surface area contributed by atoms with Crippen LogP contribution in [0.3, 0.4) is 0 Å². The summed E-state index contributed by atoms with van der Waals surface area (Å²) in [5.41, 5.74) is 2.55. The highest BCUT2D eigenvalue weighted by atomic mass is 16.5. The number of nitrogens with zero attached hydrogens (tertiary/aromatic N) is 2. The van der Waals surface area contributed by atoms with Gasteiger partial charge in [0, 0.05) is 46.2 Å². The number of carbonyl (C=O) groups is 1. The van der Waals surface area contributed by atoms with Gasteiger partial charge in [-0.05, 0) is 18.1 Å². The maximum Gasteiger partial charge on any atom is 0.216 e. The fraction of sp³-hybridized carbons (Fsp3) is 0.579. The van der Waals surface area contributed by atoms with E-state index < -0.39 is 0 Å². The number of nitrogens with one attached hydrogen (secondary N) is 3. The molecule has 1 aliphatic heterocycles. The Morgan fingerprint density at radius 2 is 1.81 bits per heavy atom. The van der Waals surface area contributed by atoms with Crippen molar-refractivity contribution in [2.75, 3.05) is 45.9 Å². The molecule has 0 unspecified atom stereocenters. The number of carbonyl (C=O) groups excluding carboxylic acids is 1. The van der Waals surface area contributed by atoms with Crippen molar-refractivity contribution in [2.45, 2.75) is 26.9 Å². The van der Waals surface area contributed by atoms with Crippen molar-refractivity contribution < 1.29 is 9.53 Å². The normalized spacial score (nSPS) is 15.5. The van der Waals surface area contributed by atoms with E-state index in [1.165, 1.54) is 18.1 Å². The van der Waals surface area contributed by atoms with Gasteiger partial charge < -0.3 is 20.7 Å². The Morgan fingerprint density at radius 1 is 1.12 bits per heavy atom. The zero-order valence-corrected chi connectivity index (χ0v) is 15.9. The molecule has 1 amide bonds. The smallest absolute Gasteiger partial charge is 0.216 e. The number of aliphatic imine (C=N–C) groups is 1. The van der Waals surface area contributed by atoms with Gasteiger partial charge >= 0.3 is 0 Å². The molecule has 7 nitrogen and oxygen atoms in total. The standard InChI is InChI=1S/C19H31N5O2/c1-3-20-19(22-9-8-21-16(2)25)23-14-17-6-4-5-7-18(17)15-24-10-12-26-13-11-24/h4-7H,3,8-15H2,1-2H3,(H,21,25)(H2,20,22,23). The SMILES string of the molecule is CCNC(=NCc1ccccc1CN1CCOCC1)NCCNC(C)=O. The zero-order valence-electron chi connectivity index (χ0n) is 15.9. The average Bonchev–Trinajstić information content (AvgIpc) is 2.65. The van der Waals surface area contributed by atoms with Gasteiger partial charge in [-0.15, -0.1) is 0 Å². The van der Waals surface area contributed by atoms with Gasteiger partial charge in [0.25, 0.3) is 0 Å². The summed E-state index contributed by atoms with van der Waals surface area (Å²) in [4.78, 5) is 18.0. The Hall–Kier alpha value is -2.12. The Balaban J connectivity index is 1.93. The van der Waals surface area contributed by atoms with E-state index in [0.717, 1.165) is 45.4 Å². The molecule has 7 heteroatoms. The maximum atomic E-state index is 10.9. The van der Waals surface area contributed by atoms with Crippen LogP contribution >= 0.6 is 0 Å². The van der Waals surface area contributed by atoms with Crippen LogP contribution in [0, 0.1) is 0 Å². The lowest BCUT2D eigenvalue weighted by Gasteiger charge is -2.27. The van der Waals surface area contributed by atoms with Gasteiger partial charge in [-0.25, -0.2) is 4.99 Å². The average molecular weight is 361 g/mol. The molecule has 144 valence electrons. The van der Waals surface area contributed by atoms with Crippen LogP contribution in [0.15, 0.2) is 29.3 Å². The molecule has 1 aliphatic rings. The van der Waals surface area contributed by atoms with E-state index in [2.05, 4.69) is 45.1 Å². The summed E-state index contributed by atoms with van der Waals surface area (Å²) in [6, 6.07) is 8.46. The summed E-state index contributed by atoms with van der Waals surface area (Å²) < 4.78 is 5.43. The fourth-order valence-corrected chi connectivity index (χ4v) is 2.79. The topological polar surface area (TPSA) is 78.0 Å². The van der Waals surface area contributed by atoms with Crippen LogP contribution in [-0.4, -0.2) is 62.7 Å². The predicted octanol–water partition coefficient (Wildman–Crippen LogP) is 0.710. The molecule has 0 saturated carbocycles. The molecular weight excluding hydrogens is 330 g/mol. The lowest BCUT2D eigenvalue weighted by atomic mass is 10.1. The molecule has 26 heavy (non-hydrogen) atoms. The van der Waals surface area contributed by atoms with Gasteiger partial charge in [-0.3, -0.25) is 9.69 Å². The number of guanidine groups is 1. The van der Waals surface area contributed by atoms with Crippen molar-refractivity contribution in [1.82, 2.24) is 20.9 Å². The first-order valence-electron chi connectivity index (χ1n) is 9.32. The first-order valence-corrected chi connectivity index (χ1v) is 9.32. The Kier molecular flexibility index (Phi) is 8.92. The molecule has 1 heterocycles. The number of ether oxygens (including phenoxy) is 1. The second-order valence-electron chi connectivity index (χ2n) is 6.26. The second-order valence-corrected chi connectivity index (χ2v) is 6.26. The minimum absolute atomic E-state index is 0.0224. The van der Waals surface area contributed by atoms with Crippen molar-refractivity contribution >= 4 is 11.9 Å². The zero-order chi connectivity index (χ0) is 18.6. The number of hydrogen-bond acceptors (Lipinski definition) is 4. The number of hydrogen-bond donors (Lipinski definition) is 3. The molecule has 2 rings (SSSR count). The summed E-state index contributed by atoms with van der Waals surface area (Å²) in [5, 5.41) is 9.26. The number of morpholine rings is 1. The van der Waals surface area contributed by atoms with Gasteiger partial charge in [0.15, 0.2) is 5.96 Å². The van der Waals surface area contributed by atoms with Crippen molar-refractivity contribution in [3.8, 4) is 0 Å². The van der Waals surface area contributed by atoms with Gasteiger partial charge in [0.2, 0.25) is 5.91 Å². The molecule has 0 spiro atoms. The second kappa shape index (κ2) is 11.5. The summed E-state index contributed by atoms with van der Waals surface area (Å²) in [6.07, 6.45) is 0. The lowest BCUT2D eigenvalue weighted by Crippen LogP contribution is -2.41. The van der Waals surface area contributed by atoms with Crippen LogP contribution in [0.25, 0.3) is 0 Å². The monoisotopic (exact) mass is 361 g/mol. The minimum Gasteiger partial charge on any atom is -0.379 e. The summed E-state index contributed by atoms with van der Waals surface area (Å²) in [5.74, 6) is 0.741. The first kappa shape index (κ1) is 20.2. The minimum atomic E-state index is -0.0224. The fourth-order valence-electron chi connectivity index (χ4n) is 2.79. The van der Waals surface area contributed by atoms with Crippen molar-refractivity contribution in [2.24, 2.45) is 4.99 Å². The van der Waals surface area contributed by atoms with Crippen molar-refractivity contribution in [3.05, 3.63) is 35.4 Å². The van der Waals surface area contributed by atoms with Gasteiger partial charge in [0.1, 0.15) is 0 Å². The molecule has 0 radical (unpaired) electrons. The van der Waals surface area contributed by atoms with E-state index in [-0.39, 0.29) is 5.91 Å². The first-order chi connectivity index (χ1) is 12.7. The van der Waals surface area contributed by atoms with E-state index in [1.54, 1.807) is 0 Å². The molecule has 0 aliphatic carbocycles. The summed E-state index contributed by atoms with van der Waals surface area (Å²) in [6.45, 7) is 10.7. The Labute approximate surface area is 156 Å². The molecule has 3 N–H and O–H groups in total. The van der Waals surface area contributed by atoms with Crippen LogP contribution < -0.4 is 16.0 Å². The molecular formula is C19H31N5O2. The van der Waals surface area contributed by atoms with Crippen molar-refractivity contribution in [3.63, 3.8) is 0 Å². The molecule has 1 saturated heterocycles. The third-order valence-electron chi connectivity index (χ3n) is 4.16.